The lowest BCUT2D eigenvalue weighted by molar-refractivity contribution is -0.137. The van der Waals surface area contributed by atoms with E-state index in [1.807, 2.05) is 30.3 Å². The summed E-state index contributed by atoms with van der Waals surface area (Å²) in [5, 5.41) is 5.60. The van der Waals surface area contributed by atoms with Crippen LogP contribution >= 0.6 is 23.2 Å². The smallest absolute Gasteiger partial charge is 0.416 e. The number of ether oxygens (including phenoxy) is 1. The van der Waals surface area contributed by atoms with Gasteiger partial charge in [-0.3, -0.25) is 5.32 Å². The molecule has 3 aromatic carbocycles. The number of methoxy groups -OCH3 is 1. The third kappa shape index (κ3) is 6.45. The van der Waals surface area contributed by atoms with Gasteiger partial charge in [0, 0.05) is 12.6 Å². The number of nitrogens with one attached hydrogen (secondary N) is 2. The molecular formula is C26H20Cl2F3N5O2. The van der Waals surface area contributed by atoms with E-state index in [2.05, 4.69) is 20.6 Å². The Hall–Kier alpha value is -4.02. The molecule has 4 aromatic rings. The molecule has 4 rings (SSSR count). The van der Waals surface area contributed by atoms with E-state index in [0.29, 0.717) is 0 Å². The van der Waals surface area contributed by atoms with Gasteiger partial charge < -0.3 is 15.0 Å². The van der Waals surface area contributed by atoms with Gasteiger partial charge >= 0.3 is 12.2 Å². The molecule has 12 heteroatoms. The van der Waals surface area contributed by atoms with E-state index in [0.717, 1.165) is 17.7 Å². The Balaban J connectivity index is 1.70. The van der Waals surface area contributed by atoms with Crippen molar-refractivity contribution in [2.24, 2.45) is 0 Å². The molecule has 0 aliphatic carbocycles. The maximum Gasteiger partial charge on any atom is 0.416 e. The first-order valence-electron chi connectivity index (χ1n) is 11.1. The summed E-state index contributed by atoms with van der Waals surface area (Å²) in [5.41, 5.74) is 0.283. The molecule has 0 aliphatic rings. The van der Waals surface area contributed by atoms with E-state index < -0.39 is 17.8 Å². The van der Waals surface area contributed by atoms with Crippen LogP contribution in [-0.4, -0.2) is 23.1 Å². The highest BCUT2D eigenvalue weighted by Gasteiger charge is 2.32. The van der Waals surface area contributed by atoms with E-state index in [-0.39, 0.29) is 45.4 Å². The van der Waals surface area contributed by atoms with Crippen LogP contribution in [0, 0.1) is 0 Å². The van der Waals surface area contributed by atoms with Crippen LogP contribution in [0.2, 0.25) is 10.0 Å². The van der Waals surface area contributed by atoms with Crippen molar-refractivity contribution < 1.29 is 22.7 Å². The van der Waals surface area contributed by atoms with Gasteiger partial charge in [-0.1, -0.05) is 59.6 Å². The topological polar surface area (TPSA) is 79.4 Å². The van der Waals surface area contributed by atoms with Crippen molar-refractivity contribution in [3.05, 3.63) is 100 Å². The number of para-hydroxylation sites is 1. The van der Waals surface area contributed by atoms with Crippen LogP contribution in [0.4, 0.5) is 41.0 Å². The fourth-order valence-electron chi connectivity index (χ4n) is 3.57. The molecule has 1 heterocycles. The first-order chi connectivity index (χ1) is 18.2. The second-order valence-corrected chi connectivity index (χ2v) is 8.71. The number of hydrogen-bond acceptors (Lipinski definition) is 5. The Labute approximate surface area is 226 Å². The lowest BCUT2D eigenvalue weighted by atomic mass is 10.1. The Morgan fingerprint density at radius 3 is 2.32 bits per heavy atom. The van der Waals surface area contributed by atoms with Gasteiger partial charge in [-0.2, -0.15) is 13.2 Å². The fraction of sp³-hybridized carbons (Fsp3) is 0.115. The van der Waals surface area contributed by atoms with Crippen LogP contribution < -0.4 is 20.3 Å². The third-order valence-electron chi connectivity index (χ3n) is 5.35. The summed E-state index contributed by atoms with van der Waals surface area (Å²) in [6.45, 7) is 0.149. The molecule has 0 bridgehead atoms. The van der Waals surface area contributed by atoms with E-state index in [1.54, 1.807) is 23.1 Å². The maximum absolute atomic E-state index is 13.6. The minimum atomic E-state index is -4.57. The summed E-state index contributed by atoms with van der Waals surface area (Å²) in [6.07, 6.45) is -3.39. The number of hydrogen-bond donors (Lipinski definition) is 2. The number of amides is 2. The molecule has 0 fully saturated rings. The zero-order chi connectivity index (χ0) is 27.3. The van der Waals surface area contributed by atoms with Crippen molar-refractivity contribution in [2.75, 3.05) is 22.6 Å². The van der Waals surface area contributed by atoms with Crippen molar-refractivity contribution in [1.29, 1.82) is 0 Å². The maximum atomic E-state index is 13.6. The highest BCUT2D eigenvalue weighted by Crippen LogP contribution is 2.40. The molecule has 2 amide bonds. The highest BCUT2D eigenvalue weighted by atomic mass is 35.5. The van der Waals surface area contributed by atoms with Crippen LogP contribution in [0.5, 0.6) is 5.75 Å². The summed E-state index contributed by atoms with van der Waals surface area (Å²) >= 11 is 12.2. The summed E-state index contributed by atoms with van der Waals surface area (Å²) in [4.78, 5) is 22.5. The van der Waals surface area contributed by atoms with Crippen LogP contribution in [0.25, 0.3) is 0 Å². The quantitative estimate of drug-likeness (QED) is 0.240. The predicted octanol–water partition coefficient (Wildman–Crippen LogP) is 7.79. The van der Waals surface area contributed by atoms with Gasteiger partial charge in [0.2, 0.25) is 0 Å². The van der Waals surface area contributed by atoms with Crippen LogP contribution in [0.1, 0.15) is 11.1 Å². The summed E-state index contributed by atoms with van der Waals surface area (Å²) in [6, 6.07) is 17.8. The zero-order valence-electron chi connectivity index (χ0n) is 19.8. The number of benzene rings is 3. The lowest BCUT2D eigenvalue weighted by Crippen LogP contribution is -2.22. The molecule has 38 heavy (non-hydrogen) atoms. The summed E-state index contributed by atoms with van der Waals surface area (Å²) in [5.74, 6) is 0.500. The van der Waals surface area contributed by atoms with Gasteiger partial charge in [-0.15, -0.1) is 0 Å². The first-order valence-corrected chi connectivity index (χ1v) is 11.8. The Morgan fingerprint density at radius 2 is 1.66 bits per heavy atom. The molecule has 0 radical (unpaired) electrons. The molecule has 196 valence electrons. The van der Waals surface area contributed by atoms with Crippen molar-refractivity contribution >= 4 is 52.2 Å². The van der Waals surface area contributed by atoms with E-state index in [9.17, 15) is 18.0 Å². The van der Waals surface area contributed by atoms with Gasteiger partial charge in [0.15, 0.2) is 0 Å². The normalized spacial score (nSPS) is 11.1. The van der Waals surface area contributed by atoms with Crippen LogP contribution in [0.15, 0.2) is 79.1 Å². The zero-order valence-corrected chi connectivity index (χ0v) is 21.3. The number of alkyl halides is 3. The highest BCUT2D eigenvalue weighted by molar-refractivity contribution is 6.39. The van der Waals surface area contributed by atoms with Crippen LogP contribution in [0.3, 0.4) is 0 Å². The molecule has 0 saturated heterocycles. The number of rotatable bonds is 7. The van der Waals surface area contributed by atoms with Gasteiger partial charge in [-0.05, 0) is 35.9 Å². The minimum absolute atomic E-state index is 0.0830. The second-order valence-electron chi connectivity index (χ2n) is 7.89. The van der Waals surface area contributed by atoms with Crippen molar-refractivity contribution in [3.8, 4) is 5.75 Å². The molecule has 0 spiro atoms. The molecule has 1 aromatic heterocycles. The first kappa shape index (κ1) is 27.0. The van der Waals surface area contributed by atoms with Gasteiger partial charge in [0.05, 0.1) is 34.1 Å². The Bertz CT molecular complexity index is 1420. The number of carbonyl (C=O) groups excluding carboxylic acids is 1. The average Bonchev–Trinajstić information content (AvgIpc) is 2.89. The molecule has 7 nitrogen and oxygen atoms in total. The van der Waals surface area contributed by atoms with Gasteiger partial charge in [0.25, 0.3) is 0 Å². The monoisotopic (exact) mass is 561 g/mol. The van der Waals surface area contributed by atoms with Crippen molar-refractivity contribution in [2.45, 2.75) is 12.7 Å². The summed E-state index contributed by atoms with van der Waals surface area (Å²) in [7, 11) is 1.37. The van der Waals surface area contributed by atoms with E-state index >= 15 is 0 Å². The minimum Gasteiger partial charge on any atom is -0.495 e. The molecule has 0 saturated carbocycles. The Morgan fingerprint density at radius 1 is 0.947 bits per heavy atom. The predicted molar refractivity (Wildman–Crippen MR) is 141 cm³/mol. The second kappa shape index (κ2) is 11.6. The Kier molecular flexibility index (Phi) is 8.23. The number of anilines is 4. The molecular weight excluding hydrogens is 542 g/mol. The largest absolute Gasteiger partial charge is 0.495 e. The molecule has 2 N–H and O–H groups in total. The van der Waals surface area contributed by atoms with E-state index in [1.165, 1.54) is 25.6 Å². The number of nitrogens with zero attached hydrogens (tertiary/aromatic N) is 3. The lowest BCUT2D eigenvalue weighted by Gasteiger charge is -2.27. The standard InChI is InChI=1S/C26H20Cl2F3N5O2/c1-38-21-11-10-17(26(29,30)31)12-20(21)36(14-16-6-3-2-4-7-16)23-13-22(32-15-33-23)34-25(37)35-24-18(27)8-5-9-19(24)28/h2-13,15H,14H2,1H3,(H2,32,33,34,35,37). The number of aromatic nitrogens is 2. The van der Waals surface area contributed by atoms with Crippen molar-refractivity contribution in [3.63, 3.8) is 0 Å². The van der Waals surface area contributed by atoms with Crippen LogP contribution in [-0.2, 0) is 12.7 Å². The molecule has 0 aliphatic heterocycles. The number of urea groups is 1. The number of carbonyl (C=O) groups is 1. The van der Waals surface area contributed by atoms with Gasteiger partial charge in [0.1, 0.15) is 23.7 Å². The average molecular weight is 562 g/mol. The number of halogens is 5. The fourth-order valence-corrected chi connectivity index (χ4v) is 4.07. The SMILES string of the molecule is COc1ccc(C(F)(F)F)cc1N(Cc1ccccc1)c1cc(NC(=O)Nc2c(Cl)cccc2Cl)ncn1. The molecule has 0 atom stereocenters. The van der Waals surface area contributed by atoms with Crippen molar-refractivity contribution in [1.82, 2.24) is 9.97 Å². The molecule has 0 unspecified atom stereocenters. The summed E-state index contributed by atoms with van der Waals surface area (Å²) < 4.78 is 46.1. The van der Waals surface area contributed by atoms with E-state index in [4.69, 9.17) is 27.9 Å². The van der Waals surface area contributed by atoms with Gasteiger partial charge in [-0.25, -0.2) is 14.8 Å². The third-order valence-corrected chi connectivity index (χ3v) is 5.98.